The smallest absolute Gasteiger partial charge is 0.338 e. The van der Waals surface area contributed by atoms with Crippen molar-refractivity contribution < 1.29 is 9.53 Å². The second-order valence-corrected chi connectivity index (χ2v) is 6.78. The predicted molar refractivity (Wildman–Crippen MR) is 95.7 cm³/mol. The Kier molecular flexibility index (Phi) is 10.5. The van der Waals surface area contributed by atoms with Crippen LogP contribution < -0.4 is 0 Å². The van der Waals surface area contributed by atoms with Crippen molar-refractivity contribution >= 4 is 30.4 Å². The minimum atomic E-state index is -0.216. The third kappa shape index (κ3) is 9.10. The van der Waals surface area contributed by atoms with E-state index in [-0.39, 0.29) is 5.97 Å². The fourth-order valence-electron chi connectivity index (χ4n) is 1.87. The lowest BCUT2D eigenvalue weighted by atomic mass is 10.1. The molecule has 0 aromatic heterocycles. The molecule has 0 fully saturated rings. The molecule has 118 valence electrons. The molecule has 1 aromatic carbocycles. The van der Waals surface area contributed by atoms with E-state index in [2.05, 4.69) is 12.6 Å². The minimum absolute atomic E-state index is 0.216. The maximum Gasteiger partial charge on any atom is 0.338 e. The first-order chi connectivity index (χ1) is 10.2. The molecule has 0 N–H and O–H groups in total. The van der Waals surface area contributed by atoms with Gasteiger partial charge in [-0.25, -0.2) is 4.79 Å². The van der Waals surface area contributed by atoms with Crippen LogP contribution in [0.2, 0.25) is 0 Å². The number of carbonyl (C=O) groups is 1. The van der Waals surface area contributed by atoms with Gasteiger partial charge in [0.15, 0.2) is 0 Å². The zero-order chi connectivity index (χ0) is 15.3. The minimum Gasteiger partial charge on any atom is -0.462 e. The Hall–Kier alpha value is -0.610. The molecule has 0 amide bonds. The quantitative estimate of drug-likeness (QED) is 0.360. The number of unbranched alkanes of at least 4 members (excludes halogenated alkanes) is 3. The lowest BCUT2D eigenvalue weighted by molar-refractivity contribution is 0.0506. The van der Waals surface area contributed by atoms with Crippen LogP contribution in [0, 0.1) is 6.92 Å². The van der Waals surface area contributed by atoms with E-state index in [1.807, 2.05) is 43.0 Å². The number of thiol groups is 1. The number of hydrogen-bond donors (Lipinski definition) is 1. The normalized spacial score (nSPS) is 10.6. The predicted octanol–water partition coefficient (Wildman–Crippen LogP) is 4.77. The standard InChI is InChI=1S/C17H26O2S2/c1-15-7-9-16(10-8-15)17(18)19-11-6-14-21-13-5-3-2-4-12-20/h7-10,20H,2-6,11-14H2,1H3. The van der Waals surface area contributed by atoms with Gasteiger partial charge in [0.25, 0.3) is 0 Å². The maximum absolute atomic E-state index is 11.8. The van der Waals surface area contributed by atoms with Crippen LogP contribution in [0.15, 0.2) is 24.3 Å². The Morgan fingerprint density at radius 1 is 1.05 bits per heavy atom. The van der Waals surface area contributed by atoms with Crippen molar-refractivity contribution in [3.8, 4) is 0 Å². The molecule has 0 aliphatic heterocycles. The Balaban J connectivity index is 1.96. The largest absolute Gasteiger partial charge is 0.462 e. The van der Waals surface area contributed by atoms with Gasteiger partial charge < -0.3 is 4.74 Å². The van der Waals surface area contributed by atoms with E-state index >= 15 is 0 Å². The zero-order valence-corrected chi connectivity index (χ0v) is 14.6. The second-order valence-electron chi connectivity index (χ2n) is 5.11. The van der Waals surface area contributed by atoms with Gasteiger partial charge in [0.2, 0.25) is 0 Å². The number of benzene rings is 1. The van der Waals surface area contributed by atoms with Crippen LogP contribution in [0.1, 0.15) is 48.0 Å². The molecule has 2 nitrogen and oxygen atoms in total. The first-order valence-corrected chi connectivity index (χ1v) is 9.45. The molecule has 0 radical (unpaired) electrons. The van der Waals surface area contributed by atoms with Gasteiger partial charge in [0.1, 0.15) is 0 Å². The molecule has 0 heterocycles. The first kappa shape index (κ1) is 18.4. The molecule has 0 atom stereocenters. The fraction of sp³-hybridized carbons (Fsp3) is 0.588. The number of ether oxygens (including phenoxy) is 1. The van der Waals surface area contributed by atoms with Gasteiger partial charge in [0.05, 0.1) is 12.2 Å². The average molecular weight is 327 g/mol. The topological polar surface area (TPSA) is 26.3 Å². The molecule has 0 saturated carbocycles. The first-order valence-electron chi connectivity index (χ1n) is 7.66. The summed E-state index contributed by atoms with van der Waals surface area (Å²) in [6.07, 6.45) is 6.03. The van der Waals surface area contributed by atoms with Crippen molar-refractivity contribution in [1.29, 1.82) is 0 Å². The van der Waals surface area contributed by atoms with Crippen LogP contribution >= 0.6 is 24.4 Å². The molecule has 0 unspecified atom stereocenters. The third-order valence-corrected chi connectivity index (χ3v) is 4.62. The van der Waals surface area contributed by atoms with Gasteiger partial charge in [0, 0.05) is 0 Å². The monoisotopic (exact) mass is 326 g/mol. The Morgan fingerprint density at radius 2 is 1.71 bits per heavy atom. The van der Waals surface area contributed by atoms with Crippen molar-refractivity contribution in [3.63, 3.8) is 0 Å². The Morgan fingerprint density at radius 3 is 2.43 bits per heavy atom. The highest BCUT2D eigenvalue weighted by atomic mass is 32.2. The molecule has 0 bridgehead atoms. The van der Waals surface area contributed by atoms with Gasteiger partial charge in [-0.1, -0.05) is 30.5 Å². The van der Waals surface area contributed by atoms with Gasteiger partial charge in [-0.05, 0) is 55.6 Å². The van der Waals surface area contributed by atoms with Crippen LogP contribution in [-0.4, -0.2) is 29.8 Å². The summed E-state index contributed by atoms with van der Waals surface area (Å²) in [4.78, 5) is 11.8. The average Bonchev–Trinajstić information content (AvgIpc) is 2.49. The number of carbonyl (C=O) groups excluding carboxylic acids is 1. The van der Waals surface area contributed by atoms with Crippen molar-refractivity contribution in [3.05, 3.63) is 35.4 Å². The maximum atomic E-state index is 11.8. The van der Waals surface area contributed by atoms with E-state index in [0.29, 0.717) is 12.2 Å². The van der Waals surface area contributed by atoms with Gasteiger partial charge in [-0.15, -0.1) is 0 Å². The Bertz CT molecular complexity index is 390. The van der Waals surface area contributed by atoms with Crippen molar-refractivity contribution in [2.45, 2.75) is 39.0 Å². The summed E-state index contributed by atoms with van der Waals surface area (Å²) < 4.78 is 5.27. The lowest BCUT2D eigenvalue weighted by Gasteiger charge is -2.05. The van der Waals surface area contributed by atoms with E-state index in [1.54, 1.807) is 0 Å². The lowest BCUT2D eigenvalue weighted by Crippen LogP contribution is -2.07. The van der Waals surface area contributed by atoms with E-state index < -0.39 is 0 Å². The highest BCUT2D eigenvalue weighted by Crippen LogP contribution is 2.10. The summed E-state index contributed by atoms with van der Waals surface area (Å²) >= 11 is 6.15. The van der Waals surface area contributed by atoms with Crippen LogP contribution in [0.3, 0.4) is 0 Å². The molecule has 0 aliphatic carbocycles. The molecule has 0 saturated heterocycles. The molecular formula is C17H26O2S2. The van der Waals surface area contributed by atoms with Crippen LogP contribution in [-0.2, 0) is 4.74 Å². The molecule has 4 heteroatoms. The number of aryl methyl sites for hydroxylation is 1. The summed E-state index contributed by atoms with van der Waals surface area (Å²) in [6.45, 7) is 2.52. The van der Waals surface area contributed by atoms with E-state index in [1.165, 1.54) is 31.4 Å². The van der Waals surface area contributed by atoms with Gasteiger partial charge in [-0.3, -0.25) is 0 Å². The molecule has 1 rings (SSSR count). The van der Waals surface area contributed by atoms with Crippen molar-refractivity contribution in [1.82, 2.24) is 0 Å². The molecular weight excluding hydrogens is 300 g/mol. The van der Waals surface area contributed by atoms with Crippen LogP contribution in [0.4, 0.5) is 0 Å². The number of esters is 1. The summed E-state index contributed by atoms with van der Waals surface area (Å²) in [5.41, 5.74) is 1.79. The number of thioether (sulfide) groups is 1. The van der Waals surface area contributed by atoms with Crippen LogP contribution in [0.5, 0.6) is 0 Å². The second kappa shape index (κ2) is 12.0. The fourth-order valence-corrected chi connectivity index (χ4v) is 3.03. The van der Waals surface area contributed by atoms with Crippen molar-refractivity contribution in [2.24, 2.45) is 0 Å². The SMILES string of the molecule is Cc1ccc(C(=O)OCCCSCCCCCCS)cc1. The highest BCUT2D eigenvalue weighted by Gasteiger charge is 2.05. The van der Waals surface area contributed by atoms with Crippen LogP contribution in [0.25, 0.3) is 0 Å². The molecule has 21 heavy (non-hydrogen) atoms. The molecule has 1 aromatic rings. The molecule has 0 spiro atoms. The third-order valence-electron chi connectivity index (χ3n) is 3.15. The van der Waals surface area contributed by atoms with E-state index in [9.17, 15) is 4.79 Å². The van der Waals surface area contributed by atoms with Gasteiger partial charge in [-0.2, -0.15) is 24.4 Å². The zero-order valence-electron chi connectivity index (χ0n) is 12.8. The highest BCUT2D eigenvalue weighted by molar-refractivity contribution is 7.99. The number of rotatable bonds is 11. The van der Waals surface area contributed by atoms with Crippen molar-refractivity contribution in [2.75, 3.05) is 23.9 Å². The summed E-state index contributed by atoms with van der Waals surface area (Å²) in [5.74, 6) is 3.05. The number of hydrogen-bond acceptors (Lipinski definition) is 4. The summed E-state index contributed by atoms with van der Waals surface area (Å²) in [5, 5.41) is 0. The Labute approximate surface area is 138 Å². The molecule has 0 aliphatic rings. The van der Waals surface area contributed by atoms with E-state index in [0.717, 1.165) is 23.5 Å². The van der Waals surface area contributed by atoms with E-state index in [4.69, 9.17) is 4.74 Å². The van der Waals surface area contributed by atoms with Gasteiger partial charge >= 0.3 is 5.97 Å². The summed E-state index contributed by atoms with van der Waals surface area (Å²) in [7, 11) is 0. The summed E-state index contributed by atoms with van der Waals surface area (Å²) in [6, 6.07) is 7.49.